The zero-order chi connectivity index (χ0) is 17.6. The lowest BCUT2D eigenvalue weighted by molar-refractivity contribution is -0.130. The van der Waals surface area contributed by atoms with Crippen LogP contribution in [0.4, 0.5) is 5.69 Å². The molecule has 1 aliphatic heterocycles. The number of piperidine rings is 1. The van der Waals surface area contributed by atoms with Crippen LogP contribution in [0.1, 0.15) is 17.7 Å². The van der Waals surface area contributed by atoms with Crippen molar-refractivity contribution in [3.8, 4) is 0 Å². The lowest BCUT2D eigenvalue weighted by atomic mass is 9.97. The van der Waals surface area contributed by atoms with E-state index in [0.717, 1.165) is 23.4 Å². The van der Waals surface area contributed by atoms with Crippen molar-refractivity contribution in [2.45, 2.75) is 12.8 Å². The molecule has 1 aromatic carbocycles. The van der Waals surface area contributed by atoms with Crippen LogP contribution in [0.15, 0.2) is 48.5 Å². The van der Waals surface area contributed by atoms with Gasteiger partial charge in [-0.1, -0.05) is 29.8 Å². The van der Waals surface area contributed by atoms with Crippen molar-refractivity contribution in [3.63, 3.8) is 0 Å². The van der Waals surface area contributed by atoms with Crippen molar-refractivity contribution in [3.05, 3.63) is 57.8 Å². The van der Waals surface area contributed by atoms with Gasteiger partial charge in [0.2, 0.25) is 11.8 Å². The SMILES string of the molecule is O=C(Nc1ccccc1)C1CCCN(C(=O)/C=C/c2ccc(Cl)s2)C1. The molecule has 0 saturated carbocycles. The minimum atomic E-state index is -0.178. The monoisotopic (exact) mass is 374 g/mol. The number of carbonyl (C=O) groups is 2. The predicted octanol–water partition coefficient (Wildman–Crippen LogP) is 4.29. The van der Waals surface area contributed by atoms with Crippen LogP contribution in [0.5, 0.6) is 0 Å². The summed E-state index contributed by atoms with van der Waals surface area (Å²) in [7, 11) is 0. The summed E-state index contributed by atoms with van der Waals surface area (Å²) in [6.45, 7) is 1.14. The predicted molar refractivity (Wildman–Crippen MR) is 103 cm³/mol. The van der Waals surface area contributed by atoms with E-state index in [9.17, 15) is 9.59 Å². The Balaban J connectivity index is 1.57. The number of thiophene rings is 1. The van der Waals surface area contributed by atoms with Crippen molar-refractivity contribution in [2.24, 2.45) is 5.92 Å². The third kappa shape index (κ3) is 4.94. The highest BCUT2D eigenvalue weighted by atomic mass is 35.5. The average molecular weight is 375 g/mol. The number of anilines is 1. The summed E-state index contributed by atoms with van der Waals surface area (Å²) in [5.41, 5.74) is 0.783. The molecule has 130 valence electrons. The summed E-state index contributed by atoms with van der Waals surface area (Å²) in [5, 5.41) is 2.92. The summed E-state index contributed by atoms with van der Waals surface area (Å²) in [6, 6.07) is 13.1. The Morgan fingerprint density at radius 3 is 2.72 bits per heavy atom. The Labute approximate surface area is 156 Å². The van der Waals surface area contributed by atoms with Crippen LogP contribution in [-0.2, 0) is 9.59 Å². The number of halogens is 1. The molecule has 3 rings (SSSR count). The van der Waals surface area contributed by atoms with Crippen LogP contribution < -0.4 is 5.32 Å². The molecule has 1 saturated heterocycles. The van der Waals surface area contributed by atoms with Crippen LogP contribution in [-0.4, -0.2) is 29.8 Å². The lowest BCUT2D eigenvalue weighted by Crippen LogP contribution is -2.43. The van der Waals surface area contributed by atoms with E-state index in [2.05, 4.69) is 5.32 Å². The van der Waals surface area contributed by atoms with Gasteiger partial charge in [-0.2, -0.15) is 0 Å². The van der Waals surface area contributed by atoms with E-state index >= 15 is 0 Å². The van der Waals surface area contributed by atoms with Gasteiger partial charge in [0, 0.05) is 29.7 Å². The Morgan fingerprint density at radius 1 is 1.20 bits per heavy atom. The van der Waals surface area contributed by atoms with E-state index in [0.29, 0.717) is 17.4 Å². The fourth-order valence-electron chi connectivity index (χ4n) is 2.83. The zero-order valence-corrected chi connectivity index (χ0v) is 15.2. The van der Waals surface area contributed by atoms with E-state index in [1.165, 1.54) is 11.3 Å². The average Bonchev–Trinajstić information content (AvgIpc) is 3.06. The smallest absolute Gasteiger partial charge is 0.246 e. The Morgan fingerprint density at radius 2 is 2.00 bits per heavy atom. The molecule has 0 aliphatic carbocycles. The maximum Gasteiger partial charge on any atom is 0.246 e. The molecular weight excluding hydrogens is 356 g/mol. The first-order valence-electron chi connectivity index (χ1n) is 8.20. The molecule has 0 spiro atoms. The van der Waals surface area contributed by atoms with Crippen LogP contribution in [0.3, 0.4) is 0 Å². The largest absolute Gasteiger partial charge is 0.338 e. The standard InChI is InChI=1S/C19H19ClN2O2S/c20-17-10-8-16(25-17)9-11-18(23)22-12-4-5-14(13-22)19(24)21-15-6-2-1-3-7-15/h1-3,6-11,14H,4-5,12-13H2,(H,21,24)/b11-9+. The van der Waals surface area contributed by atoms with Gasteiger partial charge in [-0.05, 0) is 43.2 Å². The minimum absolute atomic E-state index is 0.0299. The summed E-state index contributed by atoms with van der Waals surface area (Å²) >= 11 is 7.32. The van der Waals surface area contributed by atoms with Crippen molar-refractivity contribution in [2.75, 3.05) is 18.4 Å². The number of hydrogen-bond donors (Lipinski definition) is 1. The number of nitrogens with zero attached hydrogens (tertiary/aromatic N) is 1. The number of rotatable bonds is 4. The third-order valence-corrected chi connectivity index (χ3v) is 5.33. The summed E-state index contributed by atoms with van der Waals surface area (Å²) in [5.74, 6) is -0.276. The molecule has 25 heavy (non-hydrogen) atoms. The number of benzene rings is 1. The molecule has 1 unspecified atom stereocenters. The summed E-state index contributed by atoms with van der Waals surface area (Å²) in [4.78, 5) is 27.5. The van der Waals surface area contributed by atoms with Gasteiger partial charge in [0.05, 0.1) is 10.3 Å². The first kappa shape index (κ1) is 17.7. The van der Waals surface area contributed by atoms with Gasteiger partial charge >= 0.3 is 0 Å². The molecule has 1 fully saturated rings. The first-order chi connectivity index (χ1) is 12.1. The Kier molecular flexibility index (Phi) is 5.89. The van der Waals surface area contributed by atoms with Gasteiger partial charge in [-0.25, -0.2) is 0 Å². The number of para-hydroxylation sites is 1. The van der Waals surface area contributed by atoms with Gasteiger partial charge in [0.25, 0.3) is 0 Å². The zero-order valence-electron chi connectivity index (χ0n) is 13.7. The molecule has 0 bridgehead atoms. The second kappa shape index (κ2) is 8.32. The van der Waals surface area contributed by atoms with Gasteiger partial charge in [-0.15, -0.1) is 11.3 Å². The normalized spacial score (nSPS) is 17.6. The maximum absolute atomic E-state index is 12.4. The van der Waals surface area contributed by atoms with E-state index in [1.54, 1.807) is 23.1 Å². The maximum atomic E-state index is 12.4. The number of hydrogen-bond acceptors (Lipinski definition) is 3. The van der Waals surface area contributed by atoms with Gasteiger partial charge in [0.15, 0.2) is 0 Å². The highest BCUT2D eigenvalue weighted by Crippen LogP contribution is 2.23. The number of carbonyl (C=O) groups excluding carboxylic acids is 2. The number of amides is 2. The number of likely N-dealkylation sites (tertiary alicyclic amines) is 1. The molecule has 1 atom stereocenters. The van der Waals surface area contributed by atoms with Crippen LogP contribution in [0, 0.1) is 5.92 Å². The van der Waals surface area contributed by atoms with Crippen molar-refractivity contribution < 1.29 is 9.59 Å². The van der Waals surface area contributed by atoms with Crippen molar-refractivity contribution >= 4 is 46.5 Å². The number of nitrogens with one attached hydrogen (secondary N) is 1. The molecule has 0 radical (unpaired) electrons. The second-order valence-electron chi connectivity index (χ2n) is 5.95. The fourth-order valence-corrected chi connectivity index (χ4v) is 3.80. The molecule has 1 aromatic heterocycles. The van der Waals surface area contributed by atoms with Crippen molar-refractivity contribution in [1.82, 2.24) is 4.90 Å². The van der Waals surface area contributed by atoms with Crippen LogP contribution in [0.2, 0.25) is 4.34 Å². The van der Waals surface area contributed by atoms with Crippen LogP contribution in [0.25, 0.3) is 6.08 Å². The first-order valence-corrected chi connectivity index (χ1v) is 9.39. The summed E-state index contributed by atoms with van der Waals surface area (Å²) in [6.07, 6.45) is 4.95. The van der Waals surface area contributed by atoms with Crippen LogP contribution >= 0.6 is 22.9 Å². The molecule has 2 aromatic rings. The van der Waals surface area contributed by atoms with Crippen molar-refractivity contribution in [1.29, 1.82) is 0 Å². The van der Waals surface area contributed by atoms with E-state index < -0.39 is 0 Å². The van der Waals surface area contributed by atoms with E-state index in [-0.39, 0.29) is 17.7 Å². The molecule has 1 N–H and O–H groups in total. The third-order valence-electron chi connectivity index (χ3n) is 4.13. The quantitative estimate of drug-likeness (QED) is 0.811. The molecule has 6 heteroatoms. The van der Waals surface area contributed by atoms with Gasteiger partial charge in [-0.3, -0.25) is 9.59 Å². The summed E-state index contributed by atoms with van der Waals surface area (Å²) < 4.78 is 0.697. The molecule has 2 amide bonds. The molecule has 1 aliphatic rings. The Bertz CT molecular complexity index is 773. The molecular formula is C19H19ClN2O2S. The second-order valence-corrected chi connectivity index (χ2v) is 7.70. The molecule has 2 heterocycles. The topological polar surface area (TPSA) is 49.4 Å². The minimum Gasteiger partial charge on any atom is -0.338 e. The molecule has 4 nitrogen and oxygen atoms in total. The van der Waals surface area contributed by atoms with Gasteiger partial charge in [0.1, 0.15) is 0 Å². The lowest BCUT2D eigenvalue weighted by Gasteiger charge is -2.31. The van der Waals surface area contributed by atoms with E-state index in [4.69, 9.17) is 11.6 Å². The highest BCUT2D eigenvalue weighted by Gasteiger charge is 2.27. The van der Waals surface area contributed by atoms with E-state index in [1.807, 2.05) is 36.4 Å². The fraction of sp³-hybridized carbons (Fsp3) is 0.263. The Hall–Kier alpha value is -2.11. The highest BCUT2D eigenvalue weighted by molar-refractivity contribution is 7.17. The van der Waals surface area contributed by atoms with Gasteiger partial charge < -0.3 is 10.2 Å².